The average Bonchev–Trinajstić information content (AvgIpc) is 1.60. The van der Waals surface area contributed by atoms with E-state index in [0.29, 0.717) is 5.92 Å². The maximum absolute atomic E-state index is 5.31. The first-order valence-corrected chi connectivity index (χ1v) is 52.7. The summed E-state index contributed by atoms with van der Waals surface area (Å²) in [5.41, 5.74) is 20.4. The third-order valence-electron chi connectivity index (χ3n) is 23.4. The van der Waals surface area contributed by atoms with Gasteiger partial charge in [0, 0.05) is 159 Å². The van der Waals surface area contributed by atoms with Gasteiger partial charge in [-0.05, 0) is 226 Å². The summed E-state index contributed by atoms with van der Waals surface area (Å²) in [6.45, 7) is 137. The fourth-order valence-corrected chi connectivity index (χ4v) is 19.0. The molecule has 0 saturated heterocycles. The zero-order chi connectivity index (χ0) is 108. The van der Waals surface area contributed by atoms with Gasteiger partial charge in [0.1, 0.15) is 17.4 Å². The number of benzene rings is 1. The van der Waals surface area contributed by atoms with Gasteiger partial charge in [0.15, 0.2) is 0 Å². The highest BCUT2D eigenvalue weighted by Crippen LogP contribution is 2.53. The van der Waals surface area contributed by atoms with Gasteiger partial charge in [-0.15, -0.1) is 22.7 Å². The maximum atomic E-state index is 5.31. The summed E-state index contributed by atoms with van der Waals surface area (Å²) in [7, 11) is 0. The molecule has 1 atom stereocenters. The first kappa shape index (κ1) is 126. The lowest BCUT2D eigenvalue weighted by molar-refractivity contribution is 0.316. The summed E-state index contributed by atoms with van der Waals surface area (Å²) in [5.74, 6) is 3.86. The molecule has 0 aliphatic heterocycles. The highest BCUT2D eigenvalue weighted by atomic mass is 32.1. The van der Waals surface area contributed by atoms with E-state index in [0.717, 1.165) is 17.4 Å². The average molecular weight is 1920 g/mol. The van der Waals surface area contributed by atoms with Crippen molar-refractivity contribution in [2.45, 2.75) is 526 Å². The summed E-state index contributed by atoms with van der Waals surface area (Å²) in [5, 5.41) is 6.09. The molecule has 137 heavy (non-hydrogen) atoms. The molecule has 0 spiro atoms. The van der Waals surface area contributed by atoms with Crippen LogP contribution in [-0.2, 0) is 98.0 Å². The predicted molar refractivity (Wildman–Crippen MR) is 610 cm³/mol. The molecule has 10 aromatic rings. The van der Waals surface area contributed by atoms with Crippen molar-refractivity contribution in [2.75, 3.05) is 0 Å². The standard InChI is InChI=1S/C17H24.2C13H21N.C13H22S.2C12H21N.C12H20S.2C11H20N2.C11H19NO/c1-16(2,3)14-11-12-9-7-8-10-13(12)15(14)17(4,5)6;2*1-12(2,3)10-8-7-9-14-11(10)13(4,5)6;1-9-8-10(12(2,3)4)11(14-9)13(5,6)7;2*1-11(2,3)10-8-7-9-13(10)12(4,5)6;1-11(2,3)9-7-8-13-10(9)12(4,5)6;2*1-10(2,3)9-12-7-8-13(9)11(4,5)6;1-10(2,3)8-7-12-13-9(8)11(4,5)6/h7-11,15H,1-6H3;2*7-9H,1-6H3;8H,1-7H3;2*7-9H,1-6H3;3*7-8H,1-6H3;7H,1-6H3. The number of aromatic nitrogens is 9. The second-order valence-corrected chi connectivity index (χ2v) is 61.0. The number of hydrogen-bond acceptors (Lipinski definition) is 8. The van der Waals surface area contributed by atoms with Crippen LogP contribution >= 0.6 is 22.7 Å². The summed E-state index contributed by atoms with van der Waals surface area (Å²) in [6.07, 6.45) is 20.2. The zero-order valence-corrected chi connectivity index (χ0v) is 102. The first-order chi connectivity index (χ1) is 60.6. The molecule has 0 amide bonds. The fourth-order valence-electron chi connectivity index (χ4n) is 16.5. The molecule has 0 fully saturated rings. The van der Waals surface area contributed by atoms with E-state index in [2.05, 4.69) is 575 Å². The Labute approximate surface area is 853 Å². The van der Waals surface area contributed by atoms with Crippen LogP contribution in [0.3, 0.4) is 0 Å². The molecule has 0 N–H and O–H groups in total. The molecule has 12 heteroatoms. The van der Waals surface area contributed by atoms with Gasteiger partial charge in [0.25, 0.3) is 0 Å². The Hall–Kier alpha value is -7.15. The molecular formula is C125H209N9OS2. The normalized spacial score (nSPS) is 14.1. The monoisotopic (exact) mass is 1920 g/mol. The molecular weight excluding hydrogens is 1710 g/mol. The van der Waals surface area contributed by atoms with Crippen LogP contribution in [0.1, 0.15) is 515 Å². The minimum Gasteiger partial charge on any atom is -0.361 e. The second-order valence-electron chi connectivity index (χ2n) is 58.9. The molecule has 1 aliphatic rings. The Kier molecular flexibility index (Phi) is 41.9. The Morgan fingerprint density at radius 1 is 0.285 bits per heavy atom. The van der Waals surface area contributed by atoms with Crippen molar-refractivity contribution < 1.29 is 4.52 Å². The van der Waals surface area contributed by atoms with Crippen molar-refractivity contribution in [1.82, 2.24) is 43.4 Å². The SMILES string of the molecule is CC(C)(C)C1=Cc2ccccc2C1C(C)(C)C.CC(C)(C)c1cccn1C(C)(C)C.CC(C)(C)c1cccn1C(C)(C)C.CC(C)(C)c1cccnc1C(C)(C)C.CC(C)(C)c1cccnc1C(C)(C)C.CC(C)(C)c1ccsc1C(C)(C)C.CC(C)(C)c1cnoc1C(C)(C)C.CC(C)(C)c1nccn1C(C)(C)C.CC(C)(C)c1nccn1C(C)(C)C.Cc1cc(C(C)(C)C)c(C(C)(C)C)s1. The van der Waals surface area contributed by atoms with Crippen molar-refractivity contribution in [2.24, 2.45) is 10.8 Å². The van der Waals surface area contributed by atoms with E-state index in [1.54, 1.807) is 10.5 Å². The largest absolute Gasteiger partial charge is 0.361 e. The van der Waals surface area contributed by atoms with Gasteiger partial charge in [0.05, 0.1) is 6.20 Å². The molecule has 772 valence electrons. The van der Waals surface area contributed by atoms with E-state index >= 15 is 0 Å². The van der Waals surface area contributed by atoms with Gasteiger partial charge >= 0.3 is 0 Å². The Morgan fingerprint density at radius 3 is 0.883 bits per heavy atom. The molecule has 0 radical (unpaired) electrons. The molecule has 11 rings (SSSR count). The Morgan fingerprint density at radius 2 is 0.635 bits per heavy atom. The van der Waals surface area contributed by atoms with Gasteiger partial charge in [0.2, 0.25) is 0 Å². The van der Waals surface area contributed by atoms with E-state index in [-0.39, 0.29) is 109 Å². The molecule has 9 aromatic heterocycles. The van der Waals surface area contributed by atoms with Crippen LogP contribution in [0, 0.1) is 17.8 Å². The Bertz CT molecular complexity index is 4490. The highest BCUT2D eigenvalue weighted by Gasteiger charge is 2.40. The number of aryl methyl sites for hydroxylation is 1. The van der Waals surface area contributed by atoms with Gasteiger partial charge < -0.3 is 22.8 Å². The minimum absolute atomic E-state index is 0.0408. The molecule has 9 heterocycles. The van der Waals surface area contributed by atoms with E-state index < -0.39 is 0 Å². The van der Waals surface area contributed by atoms with Crippen molar-refractivity contribution in [3.63, 3.8) is 0 Å². The van der Waals surface area contributed by atoms with E-state index in [4.69, 9.17) is 4.52 Å². The number of pyridine rings is 2. The molecule has 1 aliphatic carbocycles. The van der Waals surface area contributed by atoms with Crippen LogP contribution in [0.2, 0.25) is 0 Å². The van der Waals surface area contributed by atoms with E-state index in [1.807, 2.05) is 65.8 Å². The van der Waals surface area contributed by atoms with E-state index in [1.165, 1.54) is 71.5 Å². The van der Waals surface area contributed by atoms with Gasteiger partial charge in [-0.25, -0.2) is 9.97 Å². The van der Waals surface area contributed by atoms with Crippen molar-refractivity contribution in [3.05, 3.63) is 245 Å². The van der Waals surface area contributed by atoms with Crippen molar-refractivity contribution >= 4 is 28.7 Å². The molecule has 1 unspecified atom stereocenters. The number of hydrogen-bond donors (Lipinski definition) is 0. The van der Waals surface area contributed by atoms with Crippen LogP contribution in [-0.4, -0.2) is 43.4 Å². The Balaban J connectivity index is 0.000000515. The van der Waals surface area contributed by atoms with Crippen LogP contribution in [0.5, 0.6) is 0 Å². The fraction of sp³-hybridized carbons (Fsp3) is 0.656. The third-order valence-corrected chi connectivity index (χ3v) is 26.2. The molecule has 10 nitrogen and oxygen atoms in total. The van der Waals surface area contributed by atoms with Gasteiger partial charge in [-0.3, -0.25) is 9.97 Å². The quantitative estimate of drug-likeness (QED) is 0.150. The van der Waals surface area contributed by atoms with Crippen LogP contribution in [0.25, 0.3) is 6.08 Å². The predicted octanol–water partition coefficient (Wildman–Crippen LogP) is 37.8. The lowest BCUT2D eigenvalue weighted by atomic mass is 9.68. The number of fused-ring (bicyclic) bond motifs is 1. The zero-order valence-electron chi connectivity index (χ0n) is 100. The van der Waals surface area contributed by atoms with Crippen LogP contribution < -0.4 is 0 Å². The second kappa shape index (κ2) is 45.6. The summed E-state index contributed by atoms with van der Waals surface area (Å²) in [6, 6.07) is 30.6. The number of allylic oxidation sites excluding steroid dienone is 1. The summed E-state index contributed by atoms with van der Waals surface area (Å²) in [4.78, 5) is 22.4. The van der Waals surface area contributed by atoms with Crippen molar-refractivity contribution in [3.8, 4) is 0 Å². The summed E-state index contributed by atoms with van der Waals surface area (Å²) < 4.78 is 14.5. The topological polar surface area (TPSA) is 97.3 Å². The number of nitrogens with zero attached hydrogens (tertiary/aromatic N) is 9. The maximum Gasteiger partial charge on any atom is 0.145 e. The van der Waals surface area contributed by atoms with Crippen LogP contribution in [0.15, 0.2) is 156 Å². The smallest absolute Gasteiger partial charge is 0.145 e. The number of imidazole rings is 2. The minimum atomic E-state index is 0.0408. The number of thiophene rings is 2. The van der Waals surface area contributed by atoms with Gasteiger partial charge in [-0.1, -0.05) is 386 Å². The third kappa shape index (κ3) is 39.2. The summed E-state index contributed by atoms with van der Waals surface area (Å²) >= 11 is 3.83. The van der Waals surface area contributed by atoms with Crippen LogP contribution in [0.4, 0.5) is 0 Å². The highest BCUT2D eigenvalue weighted by molar-refractivity contribution is 7.12. The molecule has 0 bridgehead atoms. The lowest BCUT2D eigenvalue weighted by Gasteiger charge is -2.36. The number of rotatable bonds is 0. The first-order valence-electron chi connectivity index (χ1n) is 51.0. The molecule has 0 saturated carbocycles. The van der Waals surface area contributed by atoms with Gasteiger partial charge in [-0.2, -0.15) is 0 Å². The van der Waals surface area contributed by atoms with E-state index in [9.17, 15) is 0 Å². The molecule has 1 aromatic carbocycles. The van der Waals surface area contributed by atoms with Crippen molar-refractivity contribution in [1.29, 1.82) is 0 Å². The lowest BCUT2D eigenvalue weighted by Crippen LogP contribution is -2.29.